The minimum absolute atomic E-state index is 0.182. The van der Waals surface area contributed by atoms with Gasteiger partial charge < -0.3 is 29.6 Å². The highest BCUT2D eigenvalue weighted by atomic mass is 16.7. The summed E-state index contributed by atoms with van der Waals surface area (Å²) in [6, 6.07) is 14.2. The highest BCUT2D eigenvalue weighted by Gasteiger charge is 2.16. The summed E-state index contributed by atoms with van der Waals surface area (Å²) >= 11 is 0. The minimum Gasteiger partial charge on any atom is -0.454 e. The van der Waals surface area contributed by atoms with Crippen LogP contribution in [0.3, 0.4) is 0 Å². The largest absolute Gasteiger partial charge is 0.454 e. The molecule has 2 aliphatic heterocycles. The summed E-state index contributed by atoms with van der Waals surface area (Å²) in [6.45, 7) is 0.403. The molecule has 140 valence electrons. The summed E-state index contributed by atoms with van der Waals surface area (Å²) < 4.78 is 21.3. The van der Waals surface area contributed by atoms with Gasteiger partial charge in [-0.1, -0.05) is 0 Å². The van der Waals surface area contributed by atoms with E-state index in [1.54, 1.807) is 36.5 Å². The second kappa shape index (κ2) is 6.66. The average Bonchev–Trinajstić information content (AvgIpc) is 3.36. The molecule has 0 aliphatic carbocycles. The quantitative estimate of drug-likeness (QED) is 0.719. The van der Waals surface area contributed by atoms with Crippen molar-refractivity contribution in [1.29, 1.82) is 0 Å². The molecule has 1 aromatic heterocycles. The Balaban J connectivity index is 1.31. The lowest BCUT2D eigenvalue weighted by molar-refractivity contribution is 0.102. The lowest BCUT2D eigenvalue weighted by Gasteiger charge is -2.09. The SMILES string of the molecule is O=C(Nc1ccc2c(c1)OCO2)c1cc(Nc2ccc3c(c2)OCO3)ccn1. The van der Waals surface area contributed by atoms with Crippen molar-refractivity contribution in [2.24, 2.45) is 0 Å². The molecule has 0 spiro atoms. The molecule has 2 aromatic carbocycles. The molecule has 0 unspecified atom stereocenters. The number of carbonyl (C=O) groups excluding carboxylic acids is 1. The molecule has 0 bridgehead atoms. The number of hydrogen-bond donors (Lipinski definition) is 2. The molecule has 28 heavy (non-hydrogen) atoms. The Morgan fingerprint density at radius 2 is 1.36 bits per heavy atom. The van der Waals surface area contributed by atoms with Crippen LogP contribution in [-0.2, 0) is 0 Å². The van der Waals surface area contributed by atoms with Crippen LogP contribution in [0, 0.1) is 0 Å². The van der Waals surface area contributed by atoms with Crippen LogP contribution in [0.2, 0.25) is 0 Å². The molecule has 0 saturated carbocycles. The second-order valence-corrected chi connectivity index (χ2v) is 6.14. The number of amides is 1. The fraction of sp³-hybridized carbons (Fsp3) is 0.100. The average molecular weight is 377 g/mol. The summed E-state index contributed by atoms with van der Waals surface area (Å²) in [4.78, 5) is 16.7. The van der Waals surface area contributed by atoms with E-state index in [0.717, 1.165) is 11.4 Å². The normalized spacial score (nSPS) is 13.3. The lowest BCUT2D eigenvalue weighted by Crippen LogP contribution is -2.13. The van der Waals surface area contributed by atoms with E-state index >= 15 is 0 Å². The highest BCUT2D eigenvalue weighted by molar-refractivity contribution is 6.03. The summed E-state index contributed by atoms with van der Waals surface area (Å²) in [5.41, 5.74) is 2.43. The van der Waals surface area contributed by atoms with Crippen LogP contribution in [0.4, 0.5) is 17.1 Å². The first-order valence-electron chi connectivity index (χ1n) is 8.58. The van der Waals surface area contributed by atoms with Crippen LogP contribution < -0.4 is 29.6 Å². The van der Waals surface area contributed by atoms with Gasteiger partial charge in [-0.15, -0.1) is 0 Å². The third kappa shape index (κ3) is 3.11. The Morgan fingerprint density at radius 1 is 0.750 bits per heavy atom. The van der Waals surface area contributed by atoms with E-state index in [4.69, 9.17) is 18.9 Å². The van der Waals surface area contributed by atoms with E-state index in [1.165, 1.54) is 0 Å². The molecular formula is C20H15N3O5. The Bertz CT molecular complexity index is 1070. The number of benzene rings is 2. The Morgan fingerprint density at radius 3 is 2.11 bits per heavy atom. The van der Waals surface area contributed by atoms with Gasteiger partial charge in [-0.05, 0) is 36.4 Å². The summed E-state index contributed by atoms with van der Waals surface area (Å²) in [5, 5.41) is 6.05. The van der Waals surface area contributed by atoms with Gasteiger partial charge in [0.05, 0.1) is 0 Å². The Hall–Kier alpha value is -3.94. The first-order chi connectivity index (χ1) is 13.7. The van der Waals surface area contributed by atoms with Crippen LogP contribution in [0.25, 0.3) is 0 Å². The van der Waals surface area contributed by atoms with E-state index < -0.39 is 0 Å². The van der Waals surface area contributed by atoms with Crippen molar-refractivity contribution in [3.8, 4) is 23.0 Å². The van der Waals surface area contributed by atoms with Crippen molar-refractivity contribution >= 4 is 23.0 Å². The standard InChI is InChI=1S/C20H15N3O5/c24-20(23-13-2-4-17-19(9-13)28-11-26-17)15-7-14(5-6-21-15)22-12-1-3-16-18(8-12)27-10-25-16/h1-9H,10-11H2,(H,21,22)(H,23,24). The van der Waals surface area contributed by atoms with Crippen LogP contribution >= 0.6 is 0 Å². The molecule has 8 heteroatoms. The van der Waals surface area contributed by atoms with Gasteiger partial charge in [-0.3, -0.25) is 9.78 Å². The third-order valence-corrected chi connectivity index (χ3v) is 4.28. The number of hydrogen-bond acceptors (Lipinski definition) is 7. The van der Waals surface area contributed by atoms with Crippen LogP contribution in [0.5, 0.6) is 23.0 Å². The zero-order chi connectivity index (χ0) is 18.9. The molecular weight excluding hydrogens is 362 g/mol. The summed E-state index contributed by atoms with van der Waals surface area (Å²) in [7, 11) is 0. The Kier molecular flexibility index (Phi) is 3.86. The van der Waals surface area contributed by atoms with Crippen molar-refractivity contribution < 1.29 is 23.7 Å². The molecule has 3 heterocycles. The van der Waals surface area contributed by atoms with Crippen LogP contribution in [-0.4, -0.2) is 24.5 Å². The maximum Gasteiger partial charge on any atom is 0.274 e. The number of rotatable bonds is 4. The van der Waals surface area contributed by atoms with Gasteiger partial charge in [0.25, 0.3) is 5.91 Å². The van der Waals surface area contributed by atoms with Crippen molar-refractivity contribution in [2.45, 2.75) is 0 Å². The number of anilines is 3. The van der Waals surface area contributed by atoms with E-state index in [1.807, 2.05) is 18.2 Å². The number of carbonyl (C=O) groups is 1. The first-order valence-corrected chi connectivity index (χ1v) is 8.58. The molecule has 5 rings (SSSR count). The van der Waals surface area contributed by atoms with Gasteiger partial charge in [0.1, 0.15) is 5.69 Å². The maximum atomic E-state index is 12.6. The fourth-order valence-corrected chi connectivity index (χ4v) is 2.94. The number of fused-ring (bicyclic) bond motifs is 2. The summed E-state index contributed by atoms with van der Waals surface area (Å²) in [5.74, 6) is 2.33. The molecule has 2 aliphatic rings. The van der Waals surface area contributed by atoms with E-state index in [0.29, 0.717) is 28.7 Å². The van der Waals surface area contributed by atoms with Gasteiger partial charge in [0.2, 0.25) is 13.6 Å². The number of pyridine rings is 1. The number of ether oxygens (including phenoxy) is 4. The number of aromatic nitrogens is 1. The van der Waals surface area contributed by atoms with Crippen molar-refractivity contribution in [3.63, 3.8) is 0 Å². The molecule has 2 N–H and O–H groups in total. The van der Waals surface area contributed by atoms with Gasteiger partial charge in [0.15, 0.2) is 23.0 Å². The minimum atomic E-state index is -0.326. The zero-order valence-electron chi connectivity index (χ0n) is 14.6. The van der Waals surface area contributed by atoms with Crippen LogP contribution in [0.1, 0.15) is 10.5 Å². The number of nitrogens with zero attached hydrogens (tertiary/aromatic N) is 1. The van der Waals surface area contributed by atoms with Gasteiger partial charge in [-0.25, -0.2) is 0 Å². The second-order valence-electron chi connectivity index (χ2n) is 6.14. The predicted molar refractivity (Wildman–Crippen MR) is 101 cm³/mol. The fourth-order valence-electron chi connectivity index (χ4n) is 2.94. The van der Waals surface area contributed by atoms with Gasteiger partial charge >= 0.3 is 0 Å². The molecule has 0 fully saturated rings. The maximum absolute atomic E-state index is 12.6. The number of nitrogens with one attached hydrogen (secondary N) is 2. The molecule has 0 saturated heterocycles. The van der Waals surface area contributed by atoms with E-state index in [9.17, 15) is 4.79 Å². The zero-order valence-corrected chi connectivity index (χ0v) is 14.6. The predicted octanol–water partition coefficient (Wildman–Crippen LogP) is 3.53. The first kappa shape index (κ1) is 16.2. The van der Waals surface area contributed by atoms with Crippen LogP contribution in [0.15, 0.2) is 54.7 Å². The lowest BCUT2D eigenvalue weighted by atomic mass is 10.2. The van der Waals surface area contributed by atoms with Crippen molar-refractivity contribution in [2.75, 3.05) is 24.2 Å². The van der Waals surface area contributed by atoms with Crippen molar-refractivity contribution in [3.05, 3.63) is 60.4 Å². The third-order valence-electron chi connectivity index (χ3n) is 4.28. The topological polar surface area (TPSA) is 90.9 Å². The van der Waals surface area contributed by atoms with E-state index in [-0.39, 0.29) is 25.2 Å². The van der Waals surface area contributed by atoms with Gasteiger partial charge in [0, 0.05) is 35.4 Å². The molecule has 8 nitrogen and oxygen atoms in total. The van der Waals surface area contributed by atoms with Crippen molar-refractivity contribution in [1.82, 2.24) is 4.98 Å². The summed E-state index contributed by atoms with van der Waals surface area (Å²) in [6.07, 6.45) is 1.57. The molecule has 0 atom stereocenters. The smallest absolute Gasteiger partial charge is 0.274 e. The molecule has 0 radical (unpaired) electrons. The monoisotopic (exact) mass is 377 g/mol. The molecule has 3 aromatic rings. The Labute approximate surface area is 160 Å². The van der Waals surface area contributed by atoms with E-state index in [2.05, 4.69) is 15.6 Å². The van der Waals surface area contributed by atoms with Gasteiger partial charge in [-0.2, -0.15) is 0 Å². The molecule has 1 amide bonds. The highest BCUT2D eigenvalue weighted by Crippen LogP contribution is 2.35.